The molecule has 5 heterocycles. The summed E-state index contributed by atoms with van der Waals surface area (Å²) in [7, 11) is 0. The molecule has 0 radical (unpaired) electrons. The summed E-state index contributed by atoms with van der Waals surface area (Å²) in [6.45, 7) is 0. The second kappa shape index (κ2) is 30.6. The normalized spacial score (nSPS) is 14.2. The van der Waals surface area contributed by atoms with Crippen LogP contribution in [-0.2, 0) is 28.1 Å². The lowest BCUT2D eigenvalue weighted by Crippen LogP contribution is -2.38. The van der Waals surface area contributed by atoms with Gasteiger partial charge < -0.3 is 14.7 Å². The molecule has 3 aliphatic heterocycles. The number of halogens is 1. The van der Waals surface area contributed by atoms with Gasteiger partial charge in [0.05, 0.1) is 62.0 Å². The van der Waals surface area contributed by atoms with E-state index in [1.54, 1.807) is 0 Å². The number of hydrogen-bond donors (Lipinski definition) is 0. The van der Waals surface area contributed by atoms with E-state index in [0.29, 0.717) is 0 Å². The second-order valence-corrected chi connectivity index (χ2v) is 31.2. The van der Waals surface area contributed by atoms with Crippen LogP contribution in [0.4, 0.5) is 51.2 Å². The molecule has 16 aromatic carbocycles. The monoisotopic (exact) mass is 1560 g/mol. The molecule has 117 heavy (non-hydrogen) atoms. The van der Waals surface area contributed by atoms with Gasteiger partial charge >= 0.3 is 0 Å². The van der Waals surface area contributed by atoms with Crippen LogP contribution in [0.15, 0.2) is 478 Å². The third kappa shape index (κ3) is 11.7. The van der Waals surface area contributed by atoms with Crippen molar-refractivity contribution in [1.82, 2.24) is 9.97 Å². The minimum Gasteiger partial charge on any atom is -0.310 e. The third-order valence-electron chi connectivity index (χ3n) is 24.4. The molecule has 0 saturated carbocycles. The quantitative estimate of drug-likeness (QED) is 0.129. The number of pyridine rings is 2. The van der Waals surface area contributed by atoms with Crippen LogP contribution in [0.3, 0.4) is 0 Å². The molecule has 6 heteroatoms. The Bertz CT molecular complexity index is 6000. The molecule has 0 amide bonds. The minimum absolute atomic E-state index is 0.310. The number of aromatic nitrogens is 2. The van der Waals surface area contributed by atoms with Crippen molar-refractivity contribution in [1.29, 1.82) is 0 Å². The van der Waals surface area contributed by atoms with E-state index in [4.69, 9.17) is 4.98 Å². The smallest absolute Gasteiger partial charge is 0.0743 e. The molecular weight excluding hydrogens is 1480 g/mol. The van der Waals surface area contributed by atoms with Gasteiger partial charge in [0.25, 0.3) is 0 Å². The van der Waals surface area contributed by atoms with Gasteiger partial charge in [0.2, 0.25) is 0 Å². The first-order chi connectivity index (χ1) is 58.0. The van der Waals surface area contributed by atoms with Gasteiger partial charge in [0.15, 0.2) is 0 Å². The maximum atomic E-state index is 4.75. The van der Waals surface area contributed by atoms with Gasteiger partial charge in [0, 0.05) is 40.1 Å². The van der Waals surface area contributed by atoms with Crippen molar-refractivity contribution < 1.29 is 0 Å². The highest BCUT2D eigenvalue weighted by atomic mass is 79.9. The zero-order valence-corrected chi connectivity index (χ0v) is 65.9. The lowest BCUT2D eigenvalue weighted by molar-refractivity contribution is 0.700. The second-order valence-electron chi connectivity index (χ2n) is 30.3. The maximum Gasteiger partial charge on any atom is 0.0743 e. The minimum atomic E-state index is -0.543. The summed E-state index contributed by atoms with van der Waals surface area (Å²) >= 11 is 3.59. The predicted octanol–water partition coefficient (Wildman–Crippen LogP) is 27.4. The maximum absolute atomic E-state index is 4.75. The molecule has 0 spiro atoms. The third-order valence-corrected chi connectivity index (χ3v) is 24.9. The fraction of sp³-hybridized carbons (Fsp3) is 0.0450. The average Bonchev–Trinajstić information content (AvgIpc) is 0.724. The van der Waals surface area contributed by atoms with Crippen LogP contribution in [0, 0.1) is 0 Å². The summed E-state index contributed by atoms with van der Waals surface area (Å²) in [5.41, 5.74) is 31.4. The van der Waals surface area contributed by atoms with E-state index in [-0.39, 0.29) is 5.41 Å². The number of hydrogen-bond acceptors (Lipinski definition) is 5. The molecule has 2 aromatic heterocycles. The number of benzene rings is 16. The van der Waals surface area contributed by atoms with Crippen molar-refractivity contribution >= 4 is 67.1 Å². The van der Waals surface area contributed by atoms with Gasteiger partial charge in [-0.25, -0.2) is 0 Å². The van der Waals surface area contributed by atoms with Gasteiger partial charge in [-0.3, -0.25) is 9.97 Å². The molecule has 556 valence electrons. The molecular formula is C111H80BrN5. The summed E-state index contributed by atoms with van der Waals surface area (Å²) < 4.78 is 1.08. The summed E-state index contributed by atoms with van der Waals surface area (Å²) in [6.07, 6.45) is 8.86. The standard InChI is InChI=1S/C55H39N3.C31H22BrN.C25H19N/c1-5-19-40(20-6-1)54(41-21-7-2-8-22-41)46-27-13-16-30-50(46)57(51-31-17-14-28-47(51)54)44-33-35-45(36-34-44)58-52-32-18-15-29-48(52)55(42-23-9-3-10-24-42,43-25-11-4-12-26-43)49-37-38-56-39-53(49)58;32-25-19-21-26(22-20-25)33-29-17-9-7-15-27(29)31(23-11-3-1-4-12-23,24-13-5-2-6-14-24)28-16-8-10-18-30(28)33;1-3-10-21(11-4-1)25(22-12-5-2-6-13-22)23-14-8-7-9-19(23)17-20-18-26-16-15-24(20)25/h1-39H;1-22H;1-16,18H,17H2. The van der Waals surface area contributed by atoms with E-state index in [1.807, 2.05) is 24.8 Å². The van der Waals surface area contributed by atoms with E-state index in [0.717, 1.165) is 50.7 Å². The zero-order valence-electron chi connectivity index (χ0n) is 64.4. The number of nitrogens with zero attached hydrogens (tertiary/aromatic N) is 5. The summed E-state index contributed by atoms with van der Waals surface area (Å²) in [6, 6.07) is 163. The molecule has 1 aliphatic carbocycles. The molecule has 0 N–H and O–H groups in total. The fourth-order valence-corrected chi connectivity index (χ4v) is 20.1. The van der Waals surface area contributed by atoms with Gasteiger partial charge in [-0.15, -0.1) is 0 Å². The first-order valence-electron chi connectivity index (χ1n) is 40.2. The van der Waals surface area contributed by atoms with E-state index in [1.165, 1.54) is 112 Å². The van der Waals surface area contributed by atoms with Crippen molar-refractivity contribution in [2.75, 3.05) is 14.7 Å². The van der Waals surface area contributed by atoms with Crippen molar-refractivity contribution in [2.24, 2.45) is 0 Å². The Morgan fingerprint density at radius 1 is 0.188 bits per heavy atom. The van der Waals surface area contributed by atoms with Gasteiger partial charge in [-0.05, 0) is 198 Å². The Hall–Kier alpha value is -14.3. The lowest BCUT2D eigenvalue weighted by atomic mass is 9.60. The topological polar surface area (TPSA) is 35.5 Å². The average molecular weight is 1560 g/mol. The molecule has 22 rings (SSSR count). The molecule has 4 aliphatic rings. The number of rotatable bonds is 11. The Labute approximate surface area is 693 Å². The lowest BCUT2D eigenvalue weighted by Gasteiger charge is -2.47. The Kier molecular flexibility index (Phi) is 18.7. The highest BCUT2D eigenvalue weighted by molar-refractivity contribution is 9.10. The van der Waals surface area contributed by atoms with Crippen LogP contribution in [-0.4, -0.2) is 9.97 Å². The first kappa shape index (κ1) is 71.7. The molecule has 0 fully saturated rings. The highest BCUT2D eigenvalue weighted by Crippen LogP contribution is 2.62. The van der Waals surface area contributed by atoms with Crippen LogP contribution in [0.5, 0.6) is 0 Å². The van der Waals surface area contributed by atoms with Gasteiger partial charge in [-0.1, -0.05) is 374 Å². The van der Waals surface area contributed by atoms with Crippen LogP contribution >= 0.6 is 15.9 Å². The van der Waals surface area contributed by atoms with Gasteiger partial charge in [-0.2, -0.15) is 0 Å². The van der Waals surface area contributed by atoms with Crippen molar-refractivity contribution in [3.8, 4) is 0 Å². The largest absolute Gasteiger partial charge is 0.310 e. The molecule has 0 atom stereocenters. The van der Waals surface area contributed by atoms with E-state index >= 15 is 0 Å². The van der Waals surface area contributed by atoms with Crippen LogP contribution < -0.4 is 14.7 Å². The van der Waals surface area contributed by atoms with Crippen molar-refractivity contribution in [3.05, 3.63) is 578 Å². The molecule has 0 unspecified atom stereocenters. The Balaban J connectivity index is 0.000000125. The summed E-state index contributed by atoms with van der Waals surface area (Å²) in [5.74, 6) is 0. The number of para-hydroxylation sites is 5. The Morgan fingerprint density at radius 2 is 0.402 bits per heavy atom. The van der Waals surface area contributed by atoms with E-state index in [9.17, 15) is 0 Å². The highest BCUT2D eigenvalue weighted by Gasteiger charge is 2.51. The van der Waals surface area contributed by atoms with Crippen LogP contribution in [0.2, 0.25) is 0 Å². The zero-order chi connectivity index (χ0) is 78.2. The first-order valence-corrected chi connectivity index (χ1v) is 40.9. The number of fused-ring (bicyclic) bond motifs is 8. The van der Waals surface area contributed by atoms with E-state index < -0.39 is 16.2 Å². The predicted molar refractivity (Wildman–Crippen MR) is 483 cm³/mol. The van der Waals surface area contributed by atoms with Crippen LogP contribution in [0.25, 0.3) is 0 Å². The number of anilines is 9. The molecule has 18 aromatic rings. The molecule has 5 nitrogen and oxygen atoms in total. The Morgan fingerprint density at radius 3 is 0.709 bits per heavy atom. The summed E-state index contributed by atoms with van der Waals surface area (Å²) in [5, 5.41) is 0. The van der Waals surface area contributed by atoms with Crippen LogP contribution in [0.1, 0.15) is 100 Å². The SMILES string of the molecule is Brc1ccc(N2c3ccccc3C(c3ccccc3)(c3ccccc3)c3ccccc32)cc1.c1ccc(C2(c3ccccc3)c3ccccc3Cc3cnccc32)cc1.c1ccc(C2(c3ccccc3)c3ccccc3N(c3ccc(N4c5ccccc5C(c5ccccc5)(c5ccccc5)c5ccncc54)cc3)c3ccccc32)cc1. The molecule has 0 bridgehead atoms. The van der Waals surface area contributed by atoms with Crippen molar-refractivity contribution in [3.63, 3.8) is 0 Å². The van der Waals surface area contributed by atoms with Crippen molar-refractivity contribution in [2.45, 2.75) is 28.1 Å². The summed E-state index contributed by atoms with van der Waals surface area (Å²) in [4.78, 5) is 16.4. The van der Waals surface area contributed by atoms with E-state index in [2.05, 4.69) is 485 Å². The fourth-order valence-electron chi connectivity index (χ4n) is 19.8. The van der Waals surface area contributed by atoms with Gasteiger partial charge in [0.1, 0.15) is 0 Å². The molecule has 0 saturated heterocycles.